The molecule has 2 rings (SSSR count). The number of halogens is 2. The summed E-state index contributed by atoms with van der Waals surface area (Å²) in [5.74, 6) is 0.688. The van der Waals surface area contributed by atoms with Crippen LogP contribution in [0.1, 0.15) is 31.5 Å². The average molecular weight is 429 g/mol. The number of nitrogens with zero attached hydrogens (tertiary/aromatic N) is 2. The van der Waals surface area contributed by atoms with E-state index in [-0.39, 0.29) is 17.8 Å². The summed E-state index contributed by atoms with van der Waals surface area (Å²) in [6.07, 6.45) is 0.642. The summed E-state index contributed by atoms with van der Waals surface area (Å²) < 4.78 is 5.00. The molecule has 2 N–H and O–H groups in total. The highest BCUT2D eigenvalue weighted by atomic mass is 35.5. The van der Waals surface area contributed by atoms with Crippen molar-refractivity contribution in [3.63, 3.8) is 0 Å². The van der Waals surface area contributed by atoms with Gasteiger partial charge in [-0.05, 0) is 41.6 Å². The Morgan fingerprint density at radius 3 is 2.56 bits per heavy atom. The van der Waals surface area contributed by atoms with Gasteiger partial charge in [0, 0.05) is 27.1 Å². The molecule has 0 radical (unpaired) electrons. The Morgan fingerprint density at radius 1 is 1.22 bits per heavy atom. The van der Waals surface area contributed by atoms with Crippen LogP contribution in [0.2, 0.25) is 10.3 Å². The van der Waals surface area contributed by atoms with Gasteiger partial charge in [-0.1, -0.05) is 37.6 Å². The lowest BCUT2D eigenvalue weighted by Crippen LogP contribution is -2.40. The number of hydrogen-bond acceptors (Lipinski definition) is 5. The molecule has 1 aromatic carbocycles. The summed E-state index contributed by atoms with van der Waals surface area (Å²) in [4.78, 5) is 21.0. The highest BCUT2D eigenvalue weighted by Gasteiger charge is 2.20. The maximum atomic E-state index is 12.7. The number of aromatic nitrogens is 2. The minimum Gasteiger partial charge on any atom is -0.359 e. The van der Waals surface area contributed by atoms with E-state index < -0.39 is 6.04 Å². The van der Waals surface area contributed by atoms with E-state index >= 15 is 0 Å². The predicted octanol–water partition coefficient (Wildman–Crippen LogP) is 4.23. The fraction of sp³-hybridized carbons (Fsp3) is 0.389. The SMILES string of the molecule is CC(C)C[C@H](Nc1cc(COP)nc(Cl)n1)C(=O)NCc1ccc(Cl)cc1. The first-order chi connectivity index (χ1) is 12.9. The number of hydrogen-bond donors (Lipinski definition) is 2. The molecular formula is C18H23Cl2N4O2P. The van der Waals surface area contributed by atoms with Crippen LogP contribution >= 0.6 is 32.7 Å². The van der Waals surface area contributed by atoms with Gasteiger partial charge < -0.3 is 15.2 Å². The molecule has 1 heterocycles. The second-order valence-electron chi connectivity index (χ2n) is 6.50. The molecule has 0 aliphatic heterocycles. The third kappa shape index (κ3) is 7.59. The van der Waals surface area contributed by atoms with Crippen LogP contribution in [-0.4, -0.2) is 21.9 Å². The smallest absolute Gasteiger partial charge is 0.242 e. The van der Waals surface area contributed by atoms with Crippen LogP contribution in [0.5, 0.6) is 0 Å². The van der Waals surface area contributed by atoms with Crippen molar-refractivity contribution in [2.75, 3.05) is 5.32 Å². The first kappa shape index (κ1) is 21.8. The van der Waals surface area contributed by atoms with Gasteiger partial charge in [0.25, 0.3) is 0 Å². The van der Waals surface area contributed by atoms with Crippen molar-refractivity contribution in [2.24, 2.45) is 5.92 Å². The number of carbonyl (C=O) groups is 1. The summed E-state index contributed by atoms with van der Waals surface area (Å²) in [5.41, 5.74) is 1.60. The zero-order valence-corrected chi connectivity index (χ0v) is 17.9. The second-order valence-corrected chi connectivity index (χ2v) is 7.60. The highest BCUT2D eigenvalue weighted by molar-refractivity contribution is 7.09. The topological polar surface area (TPSA) is 76.1 Å². The van der Waals surface area contributed by atoms with Crippen LogP contribution in [-0.2, 0) is 22.5 Å². The van der Waals surface area contributed by atoms with E-state index in [0.717, 1.165) is 5.56 Å². The monoisotopic (exact) mass is 428 g/mol. The molecule has 0 saturated heterocycles. The lowest BCUT2D eigenvalue weighted by atomic mass is 10.0. The molecule has 1 aromatic heterocycles. The number of anilines is 1. The lowest BCUT2D eigenvalue weighted by Gasteiger charge is -2.21. The fourth-order valence-electron chi connectivity index (χ4n) is 2.49. The molecule has 27 heavy (non-hydrogen) atoms. The van der Waals surface area contributed by atoms with Gasteiger partial charge in [-0.2, -0.15) is 0 Å². The van der Waals surface area contributed by atoms with Crippen molar-refractivity contribution >= 4 is 44.4 Å². The van der Waals surface area contributed by atoms with Gasteiger partial charge in [-0.25, -0.2) is 9.97 Å². The van der Waals surface area contributed by atoms with Crippen LogP contribution < -0.4 is 10.6 Å². The third-order valence-corrected chi connectivity index (χ3v) is 4.30. The molecule has 6 nitrogen and oxygen atoms in total. The van der Waals surface area contributed by atoms with Crippen LogP contribution in [0.25, 0.3) is 0 Å². The number of carbonyl (C=O) groups excluding carboxylic acids is 1. The quantitative estimate of drug-likeness (QED) is 0.461. The van der Waals surface area contributed by atoms with Gasteiger partial charge in [0.05, 0.1) is 12.3 Å². The molecule has 0 spiro atoms. The van der Waals surface area contributed by atoms with E-state index in [1.807, 2.05) is 12.1 Å². The Morgan fingerprint density at radius 2 is 1.93 bits per heavy atom. The summed E-state index contributed by atoms with van der Waals surface area (Å²) in [6.45, 7) is 4.81. The Bertz CT molecular complexity index is 760. The number of benzene rings is 1. The molecule has 0 saturated carbocycles. The molecule has 0 bridgehead atoms. The summed E-state index contributed by atoms with van der Waals surface area (Å²) in [5, 5.41) is 6.87. The molecule has 2 atom stereocenters. The molecule has 9 heteroatoms. The van der Waals surface area contributed by atoms with Gasteiger partial charge in [-0.3, -0.25) is 4.79 Å². The maximum absolute atomic E-state index is 12.7. The van der Waals surface area contributed by atoms with E-state index in [1.165, 1.54) is 0 Å². The Hall–Kier alpha value is -1.46. The zero-order chi connectivity index (χ0) is 19.8. The molecule has 1 amide bonds. The molecule has 146 valence electrons. The molecule has 1 unspecified atom stereocenters. The summed E-state index contributed by atoms with van der Waals surface area (Å²) in [6, 6.07) is 8.62. The van der Waals surface area contributed by atoms with Crippen LogP contribution in [0.15, 0.2) is 30.3 Å². The van der Waals surface area contributed by atoms with E-state index in [0.29, 0.717) is 35.4 Å². The fourth-order valence-corrected chi connectivity index (χ4v) is 2.99. The highest BCUT2D eigenvalue weighted by Crippen LogP contribution is 2.16. The van der Waals surface area contributed by atoms with Crippen molar-refractivity contribution < 1.29 is 9.32 Å². The maximum Gasteiger partial charge on any atom is 0.242 e. The summed E-state index contributed by atoms with van der Waals surface area (Å²) in [7, 11) is 2.16. The molecule has 0 fully saturated rings. The molecular weight excluding hydrogens is 406 g/mol. The predicted molar refractivity (Wildman–Crippen MR) is 112 cm³/mol. The van der Waals surface area contributed by atoms with Crippen LogP contribution in [0, 0.1) is 5.92 Å². The van der Waals surface area contributed by atoms with Gasteiger partial charge in [0.1, 0.15) is 11.9 Å². The summed E-state index contributed by atoms with van der Waals surface area (Å²) >= 11 is 11.9. The van der Waals surface area contributed by atoms with E-state index in [9.17, 15) is 4.79 Å². The zero-order valence-electron chi connectivity index (χ0n) is 15.2. The Balaban J connectivity index is 2.07. The molecule has 0 aliphatic carbocycles. The first-order valence-corrected chi connectivity index (χ1v) is 9.74. The van der Waals surface area contributed by atoms with Gasteiger partial charge in [-0.15, -0.1) is 0 Å². The van der Waals surface area contributed by atoms with Crippen molar-refractivity contribution in [2.45, 2.75) is 39.5 Å². The van der Waals surface area contributed by atoms with Crippen molar-refractivity contribution in [3.05, 3.63) is 51.9 Å². The lowest BCUT2D eigenvalue weighted by molar-refractivity contribution is -0.122. The first-order valence-electron chi connectivity index (χ1n) is 8.51. The van der Waals surface area contributed by atoms with Crippen LogP contribution in [0.3, 0.4) is 0 Å². The molecule has 2 aromatic rings. The second kappa shape index (κ2) is 10.8. The van der Waals surface area contributed by atoms with Gasteiger partial charge in [0.15, 0.2) is 0 Å². The van der Waals surface area contributed by atoms with Crippen LogP contribution in [0.4, 0.5) is 5.82 Å². The van der Waals surface area contributed by atoms with E-state index in [2.05, 4.69) is 43.9 Å². The Kier molecular flexibility index (Phi) is 8.71. The van der Waals surface area contributed by atoms with Crippen molar-refractivity contribution in [1.82, 2.24) is 15.3 Å². The van der Waals surface area contributed by atoms with Crippen molar-refractivity contribution in [3.8, 4) is 0 Å². The minimum atomic E-state index is -0.451. The van der Waals surface area contributed by atoms with E-state index in [4.69, 9.17) is 27.7 Å². The third-order valence-electron chi connectivity index (χ3n) is 3.71. The largest absolute Gasteiger partial charge is 0.359 e. The number of nitrogens with one attached hydrogen (secondary N) is 2. The van der Waals surface area contributed by atoms with Gasteiger partial charge >= 0.3 is 0 Å². The minimum absolute atomic E-state index is 0.0990. The normalized spacial score (nSPS) is 12.1. The number of amides is 1. The Labute approximate surface area is 171 Å². The van der Waals surface area contributed by atoms with Gasteiger partial charge in [0.2, 0.25) is 11.2 Å². The standard InChI is InChI=1S/C18H23Cl2N4O2P/c1-11(2)7-15(17(25)21-9-12-3-5-13(19)6-4-12)23-16-8-14(10-26-27)22-18(20)24-16/h3-6,8,11,15H,7,9-10,27H2,1-2H3,(H,21,25)(H,22,23,24)/t15-/m0/s1. The van der Waals surface area contributed by atoms with Crippen molar-refractivity contribution in [1.29, 1.82) is 0 Å². The molecule has 0 aliphatic rings. The number of rotatable bonds is 9. The average Bonchev–Trinajstić information content (AvgIpc) is 2.60. The van der Waals surface area contributed by atoms with E-state index in [1.54, 1.807) is 18.2 Å².